The molecule has 1 N–H and O–H groups in total. The third-order valence-corrected chi connectivity index (χ3v) is 6.78. The highest BCUT2D eigenvalue weighted by molar-refractivity contribution is 7.16. The average Bonchev–Trinajstić information content (AvgIpc) is 3.51. The molecule has 3 heterocycles. The molecule has 1 saturated heterocycles. The number of benzene rings is 1. The second kappa shape index (κ2) is 10.2. The van der Waals surface area contributed by atoms with E-state index in [0.29, 0.717) is 13.2 Å². The van der Waals surface area contributed by atoms with Crippen molar-refractivity contribution in [1.29, 1.82) is 0 Å². The van der Waals surface area contributed by atoms with Gasteiger partial charge in [0.2, 0.25) is 0 Å². The van der Waals surface area contributed by atoms with Gasteiger partial charge in [-0.05, 0) is 36.8 Å². The molecule has 8 heteroatoms. The predicted molar refractivity (Wildman–Crippen MR) is 124 cm³/mol. The first-order valence-electron chi connectivity index (χ1n) is 10.7. The van der Waals surface area contributed by atoms with E-state index in [1.807, 2.05) is 18.2 Å². The van der Waals surface area contributed by atoms with Gasteiger partial charge in [0.05, 0.1) is 39.7 Å². The summed E-state index contributed by atoms with van der Waals surface area (Å²) in [5.41, 5.74) is 2.06. The summed E-state index contributed by atoms with van der Waals surface area (Å²) < 4.78 is 22.1. The van der Waals surface area contributed by atoms with Crippen molar-refractivity contribution in [3.63, 3.8) is 0 Å². The van der Waals surface area contributed by atoms with Crippen molar-refractivity contribution in [3.05, 3.63) is 64.4 Å². The highest BCUT2D eigenvalue weighted by Gasteiger charge is 2.31. The quantitative estimate of drug-likeness (QED) is 0.534. The zero-order chi connectivity index (χ0) is 22.5. The van der Waals surface area contributed by atoms with Crippen LogP contribution in [0, 0.1) is 0 Å². The molecule has 1 aromatic carbocycles. The molecule has 7 nitrogen and oxygen atoms in total. The van der Waals surface area contributed by atoms with Gasteiger partial charge in [0.15, 0.2) is 5.76 Å². The van der Waals surface area contributed by atoms with Gasteiger partial charge in [0.25, 0.3) is 5.91 Å². The number of hydrogen-bond acceptors (Lipinski definition) is 7. The molecule has 4 rings (SSSR count). The van der Waals surface area contributed by atoms with Crippen LogP contribution in [0.2, 0.25) is 0 Å². The molecule has 1 fully saturated rings. The van der Waals surface area contributed by atoms with Crippen LogP contribution in [0.15, 0.2) is 47.1 Å². The van der Waals surface area contributed by atoms with Crippen LogP contribution in [0.4, 0.5) is 5.00 Å². The summed E-state index contributed by atoms with van der Waals surface area (Å²) in [4.78, 5) is 16.4. The number of amides is 1. The van der Waals surface area contributed by atoms with Gasteiger partial charge >= 0.3 is 0 Å². The van der Waals surface area contributed by atoms with Crippen LogP contribution in [-0.4, -0.2) is 51.3 Å². The lowest BCUT2D eigenvalue weighted by Crippen LogP contribution is -2.39. The van der Waals surface area contributed by atoms with Gasteiger partial charge in [0, 0.05) is 35.2 Å². The van der Waals surface area contributed by atoms with Crippen molar-refractivity contribution < 1.29 is 23.4 Å². The zero-order valence-electron chi connectivity index (χ0n) is 18.6. The fourth-order valence-electron chi connectivity index (χ4n) is 3.95. The highest BCUT2D eigenvalue weighted by Crippen LogP contribution is 2.43. The fourth-order valence-corrected chi connectivity index (χ4v) is 4.97. The smallest absolute Gasteiger partial charge is 0.291 e. The second-order valence-electron chi connectivity index (χ2n) is 7.44. The molecule has 32 heavy (non-hydrogen) atoms. The molecular formula is C24H28N2O5S. The van der Waals surface area contributed by atoms with E-state index in [-0.39, 0.29) is 17.7 Å². The van der Waals surface area contributed by atoms with Gasteiger partial charge in [-0.15, -0.1) is 11.3 Å². The Morgan fingerprint density at radius 2 is 1.97 bits per heavy atom. The Hall–Kier alpha value is -2.81. The molecule has 0 radical (unpaired) electrons. The number of carbonyl (C=O) groups is 1. The molecule has 1 atom stereocenters. The first-order chi connectivity index (χ1) is 15.6. The van der Waals surface area contributed by atoms with E-state index in [0.717, 1.165) is 47.1 Å². The van der Waals surface area contributed by atoms with E-state index in [9.17, 15) is 4.79 Å². The van der Waals surface area contributed by atoms with Crippen molar-refractivity contribution in [2.45, 2.75) is 19.4 Å². The van der Waals surface area contributed by atoms with E-state index in [2.05, 4.69) is 23.2 Å². The number of hydrogen-bond donors (Lipinski definition) is 1. The predicted octanol–water partition coefficient (Wildman–Crippen LogP) is 4.59. The third-order valence-electron chi connectivity index (χ3n) is 5.57. The zero-order valence-corrected chi connectivity index (χ0v) is 19.4. The van der Waals surface area contributed by atoms with Gasteiger partial charge in [-0.2, -0.15) is 0 Å². The van der Waals surface area contributed by atoms with Crippen LogP contribution >= 0.6 is 11.3 Å². The number of ether oxygens (including phenoxy) is 3. The Morgan fingerprint density at radius 3 is 2.62 bits per heavy atom. The Kier molecular flexibility index (Phi) is 7.14. The maximum absolute atomic E-state index is 12.8. The third kappa shape index (κ3) is 4.67. The number of nitrogens with one attached hydrogen (secondary N) is 1. The summed E-state index contributed by atoms with van der Waals surface area (Å²) in [6.07, 6.45) is 2.38. The summed E-state index contributed by atoms with van der Waals surface area (Å²) in [5, 5.41) is 3.90. The van der Waals surface area contributed by atoms with Crippen LogP contribution in [0.3, 0.4) is 0 Å². The van der Waals surface area contributed by atoms with Crippen LogP contribution < -0.4 is 14.8 Å². The average molecular weight is 457 g/mol. The SMILES string of the molecule is CCc1cc([C@@H](c2ccc(OC)cc2OC)N2CCOCC2)c(NC(=O)c2ccco2)s1. The van der Waals surface area contributed by atoms with Crippen molar-refractivity contribution in [2.75, 3.05) is 45.8 Å². The van der Waals surface area contributed by atoms with Crippen molar-refractivity contribution >= 4 is 22.2 Å². The Balaban J connectivity index is 1.79. The van der Waals surface area contributed by atoms with Crippen LogP contribution in [0.5, 0.6) is 11.5 Å². The lowest BCUT2D eigenvalue weighted by molar-refractivity contribution is 0.0237. The summed E-state index contributed by atoms with van der Waals surface area (Å²) in [5.74, 6) is 1.50. The van der Waals surface area contributed by atoms with Crippen molar-refractivity contribution in [1.82, 2.24) is 4.90 Å². The van der Waals surface area contributed by atoms with Crippen molar-refractivity contribution in [2.24, 2.45) is 0 Å². The number of anilines is 1. The second-order valence-corrected chi connectivity index (χ2v) is 8.58. The number of thiophene rings is 1. The Labute approximate surface area is 191 Å². The summed E-state index contributed by atoms with van der Waals surface area (Å²) in [6.45, 7) is 5.00. The molecule has 1 aliphatic rings. The van der Waals surface area contributed by atoms with Gasteiger partial charge in [-0.3, -0.25) is 9.69 Å². The molecule has 2 aromatic heterocycles. The molecule has 1 amide bonds. The van der Waals surface area contributed by atoms with Gasteiger partial charge in [-0.1, -0.05) is 6.92 Å². The van der Waals surface area contributed by atoms with Gasteiger partial charge in [-0.25, -0.2) is 0 Å². The largest absolute Gasteiger partial charge is 0.497 e. The van der Waals surface area contributed by atoms with E-state index in [4.69, 9.17) is 18.6 Å². The number of methoxy groups -OCH3 is 2. The van der Waals surface area contributed by atoms with Gasteiger partial charge in [0.1, 0.15) is 16.5 Å². The minimum Gasteiger partial charge on any atom is -0.497 e. The van der Waals surface area contributed by atoms with Crippen LogP contribution in [0.1, 0.15) is 39.5 Å². The van der Waals surface area contributed by atoms with E-state index in [1.54, 1.807) is 37.7 Å². The van der Waals surface area contributed by atoms with Crippen LogP contribution in [-0.2, 0) is 11.2 Å². The summed E-state index contributed by atoms with van der Waals surface area (Å²) in [6, 6.07) is 11.3. The summed E-state index contributed by atoms with van der Waals surface area (Å²) in [7, 11) is 3.31. The number of morpholine rings is 1. The first-order valence-corrected chi connectivity index (χ1v) is 11.5. The molecule has 1 aliphatic heterocycles. The Bertz CT molecular complexity index is 1040. The molecular weight excluding hydrogens is 428 g/mol. The molecule has 0 spiro atoms. The lowest BCUT2D eigenvalue weighted by Gasteiger charge is -2.35. The van der Waals surface area contributed by atoms with Crippen molar-refractivity contribution in [3.8, 4) is 11.5 Å². The van der Waals surface area contributed by atoms with E-state index < -0.39 is 0 Å². The van der Waals surface area contributed by atoms with E-state index in [1.165, 1.54) is 11.1 Å². The molecule has 0 aliphatic carbocycles. The standard InChI is InChI=1S/C24H28N2O5S/c1-4-17-15-19(24(32-17)25-23(27)20-6-5-11-31-20)22(26-9-12-30-13-10-26)18-8-7-16(28-2)14-21(18)29-3/h5-8,11,14-15,22H,4,9-10,12-13H2,1-3H3,(H,25,27)/t22-/m1/s1. The number of furan rings is 1. The molecule has 0 saturated carbocycles. The number of aryl methyl sites for hydroxylation is 1. The van der Waals surface area contributed by atoms with Gasteiger partial charge < -0.3 is 23.9 Å². The number of nitrogens with zero attached hydrogens (tertiary/aromatic N) is 1. The van der Waals surface area contributed by atoms with Crippen LogP contribution in [0.25, 0.3) is 0 Å². The minimum atomic E-state index is -0.261. The molecule has 0 bridgehead atoms. The summed E-state index contributed by atoms with van der Waals surface area (Å²) >= 11 is 1.60. The molecule has 0 unspecified atom stereocenters. The number of carbonyl (C=O) groups excluding carboxylic acids is 1. The topological polar surface area (TPSA) is 73.2 Å². The fraction of sp³-hybridized carbons (Fsp3) is 0.375. The first kappa shape index (κ1) is 22.4. The maximum atomic E-state index is 12.8. The lowest BCUT2D eigenvalue weighted by atomic mass is 9.96. The molecule has 3 aromatic rings. The molecule has 170 valence electrons. The monoisotopic (exact) mass is 456 g/mol. The van der Waals surface area contributed by atoms with E-state index >= 15 is 0 Å². The highest BCUT2D eigenvalue weighted by atomic mass is 32.1. The number of rotatable bonds is 8. The normalized spacial score (nSPS) is 15.3. The maximum Gasteiger partial charge on any atom is 0.291 e. The Morgan fingerprint density at radius 1 is 1.16 bits per heavy atom. The minimum absolute atomic E-state index is 0.108.